The lowest BCUT2D eigenvalue weighted by atomic mass is 10.0. The van der Waals surface area contributed by atoms with Crippen molar-refractivity contribution in [2.24, 2.45) is 0 Å². The summed E-state index contributed by atoms with van der Waals surface area (Å²) < 4.78 is 5.22. The molecule has 0 saturated heterocycles. The van der Waals surface area contributed by atoms with E-state index in [0.717, 1.165) is 23.0 Å². The van der Waals surface area contributed by atoms with E-state index >= 15 is 0 Å². The zero-order valence-corrected chi connectivity index (χ0v) is 12.9. The molecule has 0 unspecified atom stereocenters. The molecule has 5 heteroatoms. The molecule has 0 fully saturated rings. The number of methoxy groups -OCH3 is 1. The van der Waals surface area contributed by atoms with Crippen LogP contribution < -0.4 is 4.74 Å². The highest BCUT2D eigenvalue weighted by Crippen LogP contribution is 2.38. The monoisotopic (exact) mass is 328 g/mol. The standard InChI is InChI=1S/C15H11Cl3O2/c1-20-15-8-14(18)11(6-9(15)4-5-19)12-7-10(16)2-3-13(12)17/h2-3,5-8H,4H2,1H3. The number of hydrogen-bond donors (Lipinski definition) is 0. The number of carbonyl (C=O) groups is 1. The summed E-state index contributed by atoms with van der Waals surface area (Å²) in [5, 5.41) is 1.59. The Labute approximate surface area is 132 Å². The van der Waals surface area contributed by atoms with Crippen molar-refractivity contribution in [3.8, 4) is 16.9 Å². The fourth-order valence-electron chi connectivity index (χ4n) is 1.95. The number of halogens is 3. The summed E-state index contributed by atoms with van der Waals surface area (Å²) in [6.07, 6.45) is 1.06. The van der Waals surface area contributed by atoms with Gasteiger partial charge in [0, 0.05) is 33.2 Å². The minimum atomic E-state index is 0.242. The smallest absolute Gasteiger partial charge is 0.124 e. The largest absolute Gasteiger partial charge is 0.496 e. The van der Waals surface area contributed by atoms with Crippen LogP contribution in [0.3, 0.4) is 0 Å². The Balaban J connectivity index is 2.64. The van der Waals surface area contributed by atoms with Crippen LogP contribution in [-0.4, -0.2) is 13.4 Å². The van der Waals surface area contributed by atoms with Gasteiger partial charge in [0.1, 0.15) is 12.0 Å². The van der Waals surface area contributed by atoms with Crippen molar-refractivity contribution in [1.82, 2.24) is 0 Å². The molecular weight excluding hydrogens is 319 g/mol. The van der Waals surface area contributed by atoms with Crippen LogP contribution in [-0.2, 0) is 11.2 Å². The van der Waals surface area contributed by atoms with E-state index in [4.69, 9.17) is 39.5 Å². The van der Waals surface area contributed by atoms with Crippen molar-refractivity contribution in [2.45, 2.75) is 6.42 Å². The number of hydrogen-bond acceptors (Lipinski definition) is 2. The Hall–Kier alpha value is -1.22. The van der Waals surface area contributed by atoms with Crippen LogP contribution in [0.15, 0.2) is 30.3 Å². The molecule has 2 aromatic rings. The van der Waals surface area contributed by atoms with Crippen LogP contribution in [0.1, 0.15) is 5.56 Å². The average Bonchev–Trinajstić information content (AvgIpc) is 2.43. The Morgan fingerprint density at radius 3 is 2.40 bits per heavy atom. The molecule has 0 aliphatic rings. The maximum atomic E-state index is 10.8. The van der Waals surface area contributed by atoms with Gasteiger partial charge >= 0.3 is 0 Å². The van der Waals surface area contributed by atoms with Crippen LogP contribution in [0.4, 0.5) is 0 Å². The molecule has 104 valence electrons. The van der Waals surface area contributed by atoms with Gasteiger partial charge < -0.3 is 9.53 Å². The van der Waals surface area contributed by atoms with E-state index in [1.165, 1.54) is 7.11 Å². The summed E-state index contributed by atoms with van der Waals surface area (Å²) >= 11 is 18.5. The maximum absolute atomic E-state index is 10.8. The minimum Gasteiger partial charge on any atom is -0.496 e. The van der Waals surface area contributed by atoms with Gasteiger partial charge in [0.25, 0.3) is 0 Å². The average molecular weight is 330 g/mol. The lowest BCUT2D eigenvalue weighted by Crippen LogP contribution is -1.95. The highest BCUT2D eigenvalue weighted by atomic mass is 35.5. The third kappa shape index (κ3) is 3.09. The number of carbonyl (C=O) groups excluding carboxylic acids is 1. The molecule has 0 spiro atoms. The van der Waals surface area contributed by atoms with Crippen molar-refractivity contribution in [3.63, 3.8) is 0 Å². The molecule has 0 N–H and O–H groups in total. The Kier molecular flexibility index (Phi) is 4.92. The first-order valence-electron chi connectivity index (χ1n) is 5.82. The fraction of sp³-hybridized carbons (Fsp3) is 0.133. The first kappa shape index (κ1) is 15.2. The van der Waals surface area contributed by atoms with Gasteiger partial charge in [0.05, 0.1) is 12.1 Å². The highest BCUT2D eigenvalue weighted by molar-refractivity contribution is 6.37. The third-order valence-corrected chi connectivity index (χ3v) is 3.77. The predicted molar refractivity (Wildman–Crippen MR) is 83.2 cm³/mol. The van der Waals surface area contributed by atoms with E-state index in [9.17, 15) is 4.79 Å². The summed E-state index contributed by atoms with van der Waals surface area (Å²) in [6.45, 7) is 0. The molecule has 0 aromatic heterocycles. The van der Waals surface area contributed by atoms with Gasteiger partial charge in [-0.3, -0.25) is 0 Å². The summed E-state index contributed by atoms with van der Waals surface area (Å²) in [7, 11) is 1.53. The molecular formula is C15H11Cl3O2. The molecule has 2 rings (SSSR count). The zero-order chi connectivity index (χ0) is 14.7. The van der Waals surface area contributed by atoms with Crippen molar-refractivity contribution in [3.05, 3.63) is 51.0 Å². The molecule has 0 radical (unpaired) electrons. The maximum Gasteiger partial charge on any atom is 0.124 e. The number of benzene rings is 2. The number of ether oxygens (including phenoxy) is 1. The van der Waals surface area contributed by atoms with Crippen LogP contribution in [0.2, 0.25) is 15.1 Å². The Bertz CT molecular complexity index is 654. The SMILES string of the molecule is COc1cc(Cl)c(-c2cc(Cl)ccc2Cl)cc1CC=O. The number of rotatable bonds is 4. The van der Waals surface area contributed by atoms with E-state index in [1.54, 1.807) is 30.3 Å². The van der Waals surface area contributed by atoms with Crippen LogP contribution in [0.5, 0.6) is 5.75 Å². The van der Waals surface area contributed by atoms with Gasteiger partial charge in [0.15, 0.2) is 0 Å². The predicted octanol–water partition coefficient (Wildman–Crippen LogP) is 5.06. The molecule has 2 nitrogen and oxygen atoms in total. The highest BCUT2D eigenvalue weighted by Gasteiger charge is 2.13. The van der Waals surface area contributed by atoms with Gasteiger partial charge in [-0.25, -0.2) is 0 Å². The number of aldehydes is 1. The van der Waals surface area contributed by atoms with E-state index in [2.05, 4.69) is 0 Å². The van der Waals surface area contributed by atoms with Crippen LogP contribution >= 0.6 is 34.8 Å². The van der Waals surface area contributed by atoms with Gasteiger partial charge in [-0.15, -0.1) is 0 Å². The van der Waals surface area contributed by atoms with Crippen molar-refractivity contribution < 1.29 is 9.53 Å². The van der Waals surface area contributed by atoms with Gasteiger partial charge in [-0.2, -0.15) is 0 Å². The Morgan fingerprint density at radius 1 is 1.05 bits per heavy atom. The van der Waals surface area contributed by atoms with Crippen LogP contribution in [0, 0.1) is 0 Å². The first-order chi connectivity index (χ1) is 9.56. The molecule has 20 heavy (non-hydrogen) atoms. The van der Waals surface area contributed by atoms with Gasteiger partial charge in [-0.1, -0.05) is 34.8 Å². The van der Waals surface area contributed by atoms with E-state index in [-0.39, 0.29) is 6.42 Å². The summed E-state index contributed by atoms with van der Waals surface area (Å²) in [5.41, 5.74) is 2.19. The quantitative estimate of drug-likeness (QED) is 0.733. The van der Waals surface area contributed by atoms with E-state index in [0.29, 0.717) is 20.8 Å². The lowest BCUT2D eigenvalue weighted by molar-refractivity contribution is -0.107. The molecule has 0 atom stereocenters. The van der Waals surface area contributed by atoms with Gasteiger partial charge in [-0.05, 0) is 30.3 Å². The third-order valence-electron chi connectivity index (χ3n) is 2.89. The molecule has 0 aliphatic heterocycles. The molecule has 0 aliphatic carbocycles. The van der Waals surface area contributed by atoms with E-state index < -0.39 is 0 Å². The summed E-state index contributed by atoms with van der Waals surface area (Å²) in [4.78, 5) is 10.8. The summed E-state index contributed by atoms with van der Waals surface area (Å²) in [6, 6.07) is 8.62. The summed E-state index contributed by atoms with van der Waals surface area (Å²) in [5.74, 6) is 0.573. The van der Waals surface area contributed by atoms with Gasteiger partial charge in [0.2, 0.25) is 0 Å². The topological polar surface area (TPSA) is 26.3 Å². The van der Waals surface area contributed by atoms with Crippen molar-refractivity contribution in [1.29, 1.82) is 0 Å². The Morgan fingerprint density at radius 2 is 1.75 bits per heavy atom. The first-order valence-corrected chi connectivity index (χ1v) is 6.95. The molecule has 0 saturated carbocycles. The molecule has 0 bridgehead atoms. The second kappa shape index (κ2) is 6.49. The fourth-order valence-corrected chi connectivity index (χ4v) is 2.60. The molecule has 0 heterocycles. The molecule has 0 amide bonds. The second-order valence-electron chi connectivity index (χ2n) is 4.14. The van der Waals surface area contributed by atoms with Crippen molar-refractivity contribution >= 4 is 41.1 Å². The minimum absolute atomic E-state index is 0.242. The van der Waals surface area contributed by atoms with E-state index in [1.807, 2.05) is 0 Å². The zero-order valence-electron chi connectivity index (χ0n) is 10.6. The second-order valence-corrected chi connectivity index (χ2v) is 5.39. The lowest BCUT2D eigenvalue weighted by Gasteiger charge is -2.13. The van der Waals surface area contributed by atoms with Crippen LogP contribution in [0.25, 0.3) is 11.1 Å². The van der Waals surface area contributed by atoms with Crippen molar-refractivity contribution in [2.75, 3.05) is 7.11 Å². The normalized spacial score (nSPS) is 10.4. The molecule has 2 aromatic carbocycles.